The molecule has 2 aromatic carbocycles. The summed E-state index contributed by atoms with van der Waals surface area (Å²) in [7, 11) is 3.37. The number of nitrogens with one attached hydrogen (secondary N) is 1. The van der Waals surface area contributed by atoms with E-state index in [1.165, 1.54) is 16.5 Å². The molecule has 0 aliphatic heterocycles. The van der Waals surface area contributed by atoms with Crippen molar-refractivity contribution in [2.75, 3.05) is 20.8 Å². The van der Waals surface area contributed by atoms with Gasteiger partial charge < -0.3 is 20.2 Å². The smallest absolute Gasteiger partial charge is 0.170 e. The number of hydrogen-bond acceptors (Lipinski definition) is 3. The molecule has 1 aromatic heterocycles. The fourth-order valence-corrected chi connectivity index (χ4v) is 3.83. The van der Waals surface area contributed by atoms with Crippen LogP contribution in [0.3, 0.4) is 0 Å². The molecule has 0 spiro atoms. The summed E-state index contributed by atoms with van der Waals surface area (Å²) in [5, 5.41) is 1.30. The molecule has 0 aliphatic rings. The van der Waals surface area contributed by atoms with Gasteiger partial charge in [0.2, 0.25) is 0 Å². The van der Waals surface area contributed by atoms with Crippen molar-refractivity contribution >= 4 is 10.9 Å². The molecular weight excluding hydrogens is 348 g/mol. The topological polar surface area (TPSA) is 60.3 Å². The van der Waals surface area contributed by atoms with Crippen LogP contribution in [-0.4, -0.2) is 25.7 Å². The van der Waals surface area contributed by atoms with Crippen LogP contribution in [0.1, 0.15) is 50.2 Å². The van der Waals surface area contributed by atoms with Crippen molar-refractivity contribution in [2.24, 2.45) is 5.73 Å². The summed E-state index contributed by atoms with van der Waals surface area (Å²) in [4.78, 5) is 3.65. The lowest BCUT2D eigenvalue weighted by Gasteiger charge is -2.13. The first-order valence-electron chi connectivity index (χ1n) is 10.2. The molecule has 150 valence electrons. The number of para-hydroxylation sites is 1. The Labute approximate surface area is 168 Å². The average Bonchev–Trinajstić information content (AvgIpc) is 3.10. The van der Waals surface area contributed by atoms with Crippen LogP contribution >= 0.6 is 0 Å². The van der Waals surface area contributed by atoms with Crippen molar-refractivity contribution in [1.82, 2.24) is 4.98 Å². The zero-order valence-corrected chi connectivity index (χ0v) is 17.5. The molecule has 1 unspecified atom stereocenters. The van der Waals surface area contributed by atoms with Gasteiger partial charge in [0.25, 0.3) is 0 Å². The maximum atomic E-state index is 5.75. The average molecular weight is 381 g/mol. The summed E-state index contributed by atoms with van der Waals surface area (Å²) in [6.45, 7) is 5.24. The van der Waals surface area contributed by atoms with Gasteiger partial charge in [0, 0.05) is 16.5 Å². The highest BCUT2D eigenvalue weighted by molar-refractivity contribution is 5.93. The third-order valence-electron chi connectivity index (χ3n) is 5.66. The van der Waals surface area contributed by atoms with Gasteiger partial charge in [0.15, 0.2) is 11.5 Å². The number of benzene rings is 2. The lowest BCUT2D eigenvalue weighted by Crippen LogP contribution is -2.00. The van der Waals surface area contributed by atoms with E-state index in [2.05, 4.69) is 43.1 Å². The molecule has 0 aliphatic carbocycles. The Morgan fingerprint density at radius 1 is 1.07 bits per heavy atom. The number of unbranched alkanes of at least 4 members (excludes halogenated alkanes) is 1. The molecule has 0 amide bonds. The second kappa shape index (κ2) is 9.16. The third-order valence-corrected chi connectivity index (χ3v) is 5.66. The number of hydrogen-bond donors (Lipinski definition) is 2. The first-order chi connectivity index (χ1) is 13.6. The first-order valence-corrected chi connectivity index (χ1v) is 10.2. The van der Waals surface area contributed by atoms with Crippen LogP contribution in [0.4, 0.5) is 0 Å². The van der Waals surface area contributed by atoms with Crippen molar-refractivity contribution in [3.8, 4) is 22.8 Å². The van der Waals surface area contributed by atoms with E-state index >= 15 is 0 Å². The van der Waals surface area contributed by atoms with E-state index in [1.54, 1.807) is 14.2 Å². The zero-order valence-electron chi connectivity index (χ0n) is 17.5. The number of methoxy groups -OCH3 is 2. The molecule has 0 saturated heterocycles. The molecule has 0 saturated carbocycles. The van der Waals surface area contributed by atoms with Gasteiger partial charge in [0.1, 0.15) is 0 Å². The van der Waals surface area contributed by atoms with Crippen LogP contribution in [0.5, 0.6) is 11.5 Å². The van der Waals surface area contributed by atoms with E-state index in [0.717, 1.165) is 60.5 Å². The maximum absolute atomic E-state index is 5.75. The van der Waals surface area contributed by atoms with E-state index < -0.39 is 0 Å². The van der Waals surface area contributed by atoms with Crippen molar-refractivity contribution in [1.29, 1.82) is 0 Å². The van der Waals surface area contributed by atoms with Crippen molar-refractivity contribution in [3.63, 3.8) is 0 Å². The van der Waals surface area contributed by atoms with Crippen LogP contribution in [0, 0.1) is 0 Å². The molecule has 0 fully saturated rings. The summed E-state index contributed by atoms with van der Waals surface area (Å²) >= 11 is 0. The number of rotatable bonds is 9. The number of ether oxygens (including phenoxy) is 2. The molecule has 1 atom stereocenters. The minimum Gasteiger partial charge on any atom is -0.493 e. The van der Waals surface area contributed by atoms with E-state index in [1.807, 2.05) is 12.1 Å². The van der Waals surface area contributed by atoms with Gasteiger partial charge >= 0.3 is 0 Å². The molecular formula is C24H32N2O2. The quantitative estimate of drug-likeness (QED) is 0.472. The monoisotopic (exact) mass is 380 g/mol. The minimum atomic E-state index is 0.547. The summed E-state index contributed by atoms with van der Waals surface area (Å²) in [5.41, 5.74) is 11.8. The van der Waals surface area contributed by atoms with Gasteiger partial charge in [-0.05, 0) is 73.5 Å². The van der Waals surface area contributed by atoms with Crippen LogP contribution < -0.4 is 15.2 Å². The number of fused-ring (bicyclic) bond motifs is 1. The highest BCUT2D eigenvalue weighted by atomic mass is 16.5. The molecule has 3 rings (SSSR count). The van der Waals surface area contributed by atoms with Crippen molar-refractivity contribution in [3.05, 3.63) is 47.5 Å². The summed E-state index contributed by atoms with van der Waals surface area (Å²) in [6.07, 6.45) is 4.20. The van der Waals surface area contributed by atoms with Gasteiger partial charge in [-0.1, -0.05) is 26.0 Å². The number of nitrogens with two attached hydrogens (primary N) is 1. The van der Waals surface area contributed by atoms with Gasteiger partial charge in [-0.2, -0.15) is 0 Å². The fourth-order valence-electron chi connectivity index (χ4n) is 3.83. The lowest BCUT2D eigenvalue weighted by molar-refractivity contribution is 0.356. The molecule has 0 bridgehead atoms. The van der Waals surface area contributed by atoms with Crippen molar-refractivity contribution in [2.45, 2.75) is 45.4 Å². The lowest BCUT2D eigenvalue weighted by atomic mass is 9.94. The number of H-pyrrole nitrogens is 1. The van der Waals surface area contributed by atoms with Gasteiger partial charge in [-0.15, -0.1) is 0 Å². The van der Waals surface area contributed by atoms with E-state index in [9.17, 15) is 0 Å². The van der Waals surface area contributed by atoms with Crippen LogP contribution in [-0.2, 0) is 6.42 Å². The Morgan fingerprint density at radius 3 is 2.57 bits per heavy atom. The second-order valence-corrected chi connectivity index (χ2v) is 7.38. The van der Waals surface area contributed by atoms with E-state index in [0.29, 0.717) is 5.92 Å². The Hall–Kier alpha value is -2.46. The maximum Gasteiger partial charge on any atom is 0.170 e. The minimum absolute atomic E-state index is 0.547. The Morgan fingerprint density at radius 2 is 1.89 bits per heavy atom. The molecule has 0 radical (unpaired) electrons. The van der Waals surface area contributed by atoms with Gasteiger partial charge in [0.05, 0.1) is 19.9 Å². The zero-order chi connectivity index (χ0) is 20.1. The third kappa shape index (κ3) is 3.88. The Bertz CT molecular complexity index is 930. The van der Waals surface area contributed by atoms with Crippen LogP contribution in [0.15, 0.2) is 36.4 Å². The molecule has 3 N–H and O–H groups in total. The van der Waals surface area contributed by atoms with Gasteiger partial charge in [-0.3, -0.25) is 0 Å². The molecule has 3 aromatic rings. The first kappa shape index (κ1) is 20.3. The predicted octanol–water partition coefficient (Wildman–Crippen LogP) is 5.65. The largest absolute Gasteiger partial charge is 0.493 e. The molecule has 1 heterocycles. The number of aromatic amines is 1. The summed E-state index contributed by atoms with van der Waals surface area (Å²) in [6, 6.07) is 12.8. The van der Waals surface area contributed by atoms with Crippen LogP contribution in [0.2, 0.25) is 0 Å². The second-order valence-electron chi connectivity index (χ2n) is 7.38. The standard InChI is InChI=1S/C24H32N2O2/c1-5-16(2)17-12-13-21-20(15-17)18(9-6-7-14-25)23(26-21)19-10-8-11-22(27-3)24(19)28-4/h8,10-13,15-16,26H,5-7,9,14,25H2,1-4H3. The fraction of sp³-hybridized carbons (Fsp3) is 0.417. The van der Waals surface area contributed by atoms with E-state index in [4.69, 9.17) is 15.2 Å². The number of aryl methyl sites for hydroxylation is 1. The van der Waals surface area contributed by atoms with Gasteiger partial charge in [-0.25, -0.2) is 0 Å². The van der Waals surface area contributed by atoms with Crippen molar-refractivity contribution < 1.29 is 9.47 Å². The molecule has 4 heteroatoms. The molecule has 4 nitrogen and oxygen atoms in total. The highest BCUT2D eigenvalue weighted by Gasteiger charge is 2.19. The molecule has 28 heavy (non-hydrogen) atoms. The van der Waals surface area contributed by atoms with E-state index in [-0.39, 0.29) is 0 Å². The van der Waals surface area contributed by atoms with Crippen LogP contribution in [0.25, 0.3) is 22.2 Å². The SMILES string of the molecule is CCC(C)c1ccc2[nH]c(-c3cccc(OC)c3OC)c(CCCCN)c2c1. The number of aromatic nitrogens is 1. The Kier molecular flexibility index (Phi) is 6.63. The summed E-state index contributed by atoms with van der Waals surface area (Å²) < 4.78 is 11.2. The highest BCUT2D eigenvalue weighted by Crippen LogP contribution is 2.41. The normalized spacial score (nSPS) is 12.3. The Balaban J connectivity index is 2.20. The predicted molar refractivity (Wildman–Crippen MR) is 118 cm³/mol. The summed E-state index contributed by atoms with van der Waals surface area (Å²) in [5.74, 6) is 2.05.